The number of carbonyl (C=O) groups is 3. The molecule has 0 aromatic carbocycles. The van der Waals surface area contributed by atoms with Crippen molar-refractivity contribution >= 4 is 17.5 Å². The molecule has 4 rings (SSSR count). The van der Waals surface area contributed by atoms with E-state index in [1.807, 2.05) is 19.9 Å². The first kappa shape index (κ1) is 22.2. The SMILES string of the molecule is CC[C@@H]1C[C@H]2[C@@H]3CCC4=CC(=O)C=C[C@]4(C)C3=CC[C@]2(C)[C@@]1(O)C(=O)C(O)CC(=O)O. The van der Waals surface area contributed by atoms with Crippen LogP contribution in [-0.4, -0.2) is 44.6 Å². The monoisotopic (exact) mass is 428 g/mol. The van der Waals surface area contributed by atoms with Crippen LogP contribution >= 0.6 is 0 Å². The highest BCUT2D eigenvalue weighted by Crippen LogP contribution is 2.67. The Balaban J connectivity index is 1.75. The molecule has 7 atom stereocenters. The Labute approximate surface area is 182 Å². The van der Waals surface area contributed by atoms with E-state index in [0.29, 0.717) is 19.3 Å². The molecule has 4 aliphatic rings. The number of aliphatic hydroxyl groups is 2. The van der Waals surface area contributed by atoms with Crippen LogP contribution in [0.2, 0.25) is 0 Å². The van der Waals surface area contributed by atoms with Crippen molar-refractivity contribution in [2.75, 3.05) is 0 Å². The normalized spacial score (nSPS) is 42.1. The Morgan fingerprint density at radius 3 is 2.65 bits per heavy atom. The lowest BCUT2D eigenvalue weighted by atomic mass is 9.51. The molecule has 6 heteroatoms. The Bertz CT molecular complexity index is 928. The quantitative estimate of drug-likeness (QED) is 0.581. The summed E-state index contributed by atoms with van der Waals surface area (Å²) in [5.41, 5.74) is -0.468. The van der Waals surface area contributed by atoms with E-state index in [1.54, 1.807) is 12.2 Å². The number of carbonyl (C=O) groups excluding carboxylic acids is 2. The zero-order valence-electron chi connectivity index (χ0n) is 18.4. The number of ketones is 2. The number of rotatable bonds is 5. The van der Waals surface area contributed by atoms with E-state index in [0.717, 1.165) is 18.4 Å². The van der Waals surface area contributed by atoms with E-state index in [9.17, 15) is 24.6 Å². The van der Waals surface area contributed by atoms with Gasteiger partial charge in [-0.3, -0.25) is 14.4 Å². The predicted octanol–water partition coefficient (Wildman–Crippen LogP) is 2.99. The van der Waals surface area contributed by atoms with Gasteiger partial charge in [0, 0.05) is 10.8 Å². The van der Waals surface area contributed by atoms with Gasteiger partial charge in [0.15, 0.2) is 11.6 Å². The van der Waals surface area contributed by atoms with Gasteiger partial charge in [-0.25, -0.2) is 0 Å². The van der Waals surface area contributed by atoms with Crippen LogP contribution in [0.15, 0.2) is 35.5 Å². The van der Waals surface area contributed by atoms with Gasteiger partial charge in [-0.05, 0) is 62.5 Å². The number of aliphatic carboxylic acids is 1. The minimum Gasteiger partial charge on any atom is -0.481 e. The molecule has 0 aromatic rings. The lowest BCUT2D eigenvalue weighted by Crippen LogP contribution is -2.59. The van der Waals surface area contributed by atoms with Crippen molar-refractivity contribution < 1.29 is 29.7 Å². The molecule has 3 N–H and O–H groups in total. The van der Waals surface area contributed by atoms with Crippen molar-refractivity contribution in [3.05, 3.63) is 35.5 Å². The van der Waals surface area contributed by atoms with Gasteiger partial charge >= 0.3 is 5.97 Å². The van der Waals surface area contributed by atoms with E-state index in [2.05, 4.69) is 13.0 Å². The second-order valence-electron chi connectivity index (χ2n) is 10.2. The van der Waals surface area contributed by atoms with Crippen molar-refractivity contribution in [2.45, 2.75) is 71.0 Å². The Hall–Kier alpha value is -2.05. The molecule has 0 aromatic heterocycles. The first-order chi connectivity index (χ1) is 14.5. The fourth-order valence-corrected chi connectivity index (χ4v) is 7.15. The van der Waals surface area contributed by atoms with Gasteiger partial charge in [-0.2, -0.15) is 0 Å². The summed E-state index contributed by atoms with van der Waals surface area (Å²) >= 11 is 0. The highest BCUT2D eigenvalue weighted by atomic mass is 16.4. The largest absolute Gasteiger partial charge is 0.481 e. The van der Waals surface area contributed by atoms with Gasteiger partial charge in [-0.1, -0.05) is 43.6 Å². The summed E-state index contributed by atoms with van der Waals surface area (Å²) in [5, 5.41) is 31.3. The van der Waals surface area contributed by atoms with E-state index in [-0.39, 0.29) is 29.0 Å². The van der Waals surface area contributed by atoms with Crippen LogP contribution in [0.5, 0.6) is 0 Å². The number of Topliss-reactive ketones (excluding diaryl/α,β-unsaturated/α-hetero) is 1. The minimum absolute atomic E-state index is 0.0199. The van der Waals surface area contributed by atoms with E-state index >= 15 is 0 Å². The van der Waals surface area contributed by atoms with E-state index < -0.39 is 35.3 Å². The van der Waals surface area contributed by atoms with Gasteiger partial charge < -0.3 is 15.3 Å². The molecule has 0 bridgehead atoms. The maximum absolute atomic E-state index is 13.3. The maximum Gasteiger partial charge on any atom is 0.306 e. The molecule has 0 spiro atoms. The highest BCUT2D eigenvalue weighted by Gasteiger charge is 2.68. The second-order valence-corrected chi connectivity index (χ2v) is 10.2. The van der Waals surface area contributed by atoms with Crippen LogP contribution in [0.25, 0.3) is 0 Å². The molecule has 31 heavy (non-hydrogen) atoms. The molecule has 2 saturated carbocycles. The fraction of sp³-hybridized carbons (Fsp3) is 0.640. The van der Waals surface area contributed by atoms with Crippen LogP contribution in [0.4, 0.5) is 0 Å². The summed E-state index contributed by atoms with van der Waals surface area (Å²) in [4.78, 5) is 36.3. The molecule has 0 saturated heterocycles. The molecule has 168 valence electrons. The number of fused-ring (bicyclic) bond motifs is 5. The summed E-state index contributed by atoms with van der Waals surface area (Å²) in [6.45, 7) is 6.00. The third-order valence-corrected chi connectivity index (χ3v) is 8.88. The molecule has 4 aliphatic carbocycles. The first-order valence-electron chi connectivity index (χ1n) is 11.3. The number of carboxylic acid groups (broad SMARTS) is 1. The van der Waals surface area contributed by atoms with Gasteiger partial charge in [0.1, 0.15) is 11.7 Å². The number of carboxylic acids is 1. The van der Waals surface area contributed by atoms with Gasteiger partial charge in [0.2, 0.25) is 0 Å². The number of allylic oxidation sites excluding steroid dienone is 6. The number of hydrogen-bond donors (Lipinski definition) is 3. The fourth-order valence-electron chi connectivity index (χ4n) is 7.15. The van der Waals surface area contributed by atoms with E-state index in [1.165, 1.54) is 5.57 Å². The van der Waals surface area contributed by atoms with Gasteiger partial charge in [-0.15, -0.1) is 0 Å². The van der Waals surface area contributed by atoms with Crippen molar-refractivity contribution in [3.8, 4) is 0 Å². The van der Waals surface area contributed by atoms with Crippen molar-refractivity contribution in [1.82, 2.24) is 0 Å². The molecule has 6 nitrogen and oxygen atoms in total. The molecule has 0 radical (unpaired) electrons. The average Bonchev–Trinajstić information content (AvgIpc) is 2.95. The number of aliphatic hydroxyl groups excluding tert-OH is 1. The standard InChI is InChI=1S/C25H32O6/c1-4-14-12-19-17-6-5-15-11-16(26)7-9-23(15,2)18(17)8-10-24(19,3)25(14,31)22(30)20(27)13-21(28)29/h7-9,11,14,17,19-20,27,31H,4-6,10,12-13H2,1-3H3,(H,28,29)/t14-,17-,19+,20?,23+,24+,25+/m1/s1. The first-order valence-corrected chi connectivity index (χ1v) is 11.3. The molecule has 0 heterocycles. The molecular formula is C25H32O6. The van der Waals surface area contributed by atoms with Crippen molar-refractivity contribution in [1.29, 1.82) is 0 Å². The van der Waals surface area contributed by atoms with Crippen LogP contribution in [0.1, 0.15) is 59.3 Å². The summed E-state index contributed by atoms with van der Waals surface area (Å²) in [7, 11) is 0. The van der Waals surface area contributed by atoms with Crippen LogP contribution in [0.3, 0.4) is 0 Å². The van der Waals surface area contributed by atoms with Gasteiger partial charge in [0.25, 0.3) is 0 Å². The van der Waals surface area contributed by atoms with Crippen LogP contribution in [-0.2, 0) is 14.4 Å². The third-order valence-electron chi connectivity index (χ3n) is 8.88. The third kappa shape index (κ3) is 2.94. The van der Waals surface area contributed by atoms with Gasteiger partial charge in [0.05, 0.1) is 6.42 Å². The second kappa shape index (κ2) is 7.24. The van der Waals surface area contributed by atoms with Crippen LogP contribution in [0, 0.1) is 28.6 Å². The summed E-state index contributed by atoms with van der Waals surface area (Å²) in [5.74, 6) is -2.11. The smallest absolute Gasteiger partial charge is 0.306 e. The number of hydrogen-bond acceptors (Lipinski definition) is 5. The zero-order valence-corrected chi connectivity index (χ0v) is 18.4. The molecular weight excluding hydrogens is 396 g/mol. The minimum atomic E-state index is -1.77. The predicted molar refractivity (Wildman–Crippen MR) is 114 cm³/mol. The van der Waals surface area contributed by atoms with Crippen molar-refractivity contribution in [2.24, 2.45) is 28.6 Å². The molecule has 1 unspecified atom stereocenters. The van der Waals surface area contributed by atoms with Crippen LogP contribution < -0.4 is 0 Å². The Morgan fingerprint density at radius 1 is 1.29 bits per heavy atom. The lowest BCUT2D eigenvalue weighted by Gasteiger charge is -2.54. The average molecular weight is 429 g/mol. The zero-order chi connectivity index (χ0) is 22.8. The molecule has 0 aliphatic heterocycles. The Kier molecular flexibility index (Phi) is 5.17. The summed E-state index contributed by atoms with van der Waals surface area (Å²) in [6, 6.07) is 0. The maximum atomic E-state index is 13.3. The molecule has 2 fully saturated rings. The van der Waals surface area contributed by atoms with E-state index in [4.69, 9.17) is 5.11 Å². The highest BCUT2D eigenvalue weighted by molar-refractivity contribution is 6.01. The lowest BCUT2D eigenvalue weighted by molar-refractivity contribution is -0.170. The van der Waals surface area contributed by atoms with Crippen molar-refractivity contribution in [3.63, 3.8) is 0 Å². The summed E-state index contributed by atoms with van der Waals surface area (Å²) in [6.07, 6.45) is 8.45. The Morgan fingerprint density at radius 2 is 2.00 bits per heavy atom. The summed E-state index contributed by atoms with van der Waals surface area (Å²) < 4.78 is 0. The molecule has 0 amide bonds. The topological polar surface area (TPSA) is 112 Å².